The number of carbonyl (C=O) groups excluding carboxylic acids is 1. The first kappa shape index (κ1) is 26.6. The largest absolute Gasteiger partial charge is 0.493 e. The van der Waals surface area contributed by atoms with Gasteiger partial charge in [0.1, 0.15) is 0 Å². The third kappa shape index (κ3) is 6.58. The zero-order valence-corrected chi connectivity index (χ0v) is 21.6. The highest BCUT2D eigenvalue weighted by Crippen LogP contribution is 2.34. The lowest BCUT2D eigenvalue weighted by Crippen LogP contribution is -2.38. The molecule has 0 bridgehead atoms. The predicted molar refractivity (Wildman–Crippen MR) is 133 cm³/mol. The molecule has 2 aromatic rings. The summed E-state index contributed by atoms with van der Waals surface area (Å²) >= 11 is 0. The van der Waals surface area contributed by atoms with Crippen molar-refractivity contribution in [3.8, 4) is 23.0 Å². The van der Waals surface area contributed by atoms with Gasteiger partial charge in [0, 0.05) is 25.2 Å². The minimum atomic E-state index is -3.48. The van der Waals surface area contributed by atoms with Crippen LogP contribution in [0.5, 0.6) is 23.0 Å². The second kappa shape index (κ2) is 12.1. The Bertz CT molecular complexity index is 1130. The lowest BCUT2D eigenvalue weighted by atomic mass is 10.0. The quantitative estimate of drug-likeness (QED) is 0.442. The van der Waals surface area contributed by atoms with Crippen LogP contribution in [-0.2, 0) is 23.0 Å². The van der Waals surface area contributed by atoms with E-state index in [9.17, 15) is 13.2 Å². The van der Waals surface area contributed by atoms with Gasteiger partial charge in [-0.05, 0) is 68.1 Å². The Labute approximate surface area is 207 Å². The van der Waals surface area contributed by atoms with E-state index >= 15 is 0 Å². The summed E-state index contributed by atoms with van der Waals surface area (Å²) in [7, 11) is -0.340. The van der Waals surface area contributed by atoms with Gasteiger partial charge in [0.15, 0.2) is 23.0 Å². The van der Waals surface area contributed by atoms with Crippen LogP contribution >= 0.6 is 0 Å². The zero-order chi connectivity index (χ0) is 25.4. The molecule has 1 N–H and O–H groups in total. The SMILES string of the molecule is CCOc1ccc(C(=O)NCCCS(=O)(=O)N2CCc3cc(OC)c(OC)cc3C2)cc1OCC. The molecule has 0 atom stereocenters. The van der Waals surface area contributed by atoms with Gasteiger partial charge in [0.05, 0.1) is 33.2 Å². The Kier molecular flexibility index (Phi) is 9.22. The van der Waals surface area contributed by atoms with Crippen LogP contribution in [0.4, 0.5) is 0 Å². The van der Waals surface area contributed by atoms with Gasteiger partial charge in [0.2, 0.25) is 10.0 Å². The van der Waals surface area contributed by atoms with Gasteiger partial charge < -0.3 is 24.3 Å². The number of hydrogen-bond acceptors (Lipinski definition) is 7. The number of hydrogen-bond donors (Lipinski definition) is 1. The number of sulfonamides is 1. The molecular formula is C25H34N2O7S. The second-order valence-electron chi connectivity index (χ2n) is 8.01. The average Bonchev–Trinajstić information content (AvgIpc) is 2.86. The third-order valence-electron chi connectivity index (χ3n) is 5.75. The number of nitrogens with zero attached hydrogens (tertiary/aromatic N) is 1. The molecule has 0 fully saturated rings. The molecule has 0 spiro atoms. The van der Waals surface area contributed by atoms with Crippen LogP contribution in [0.2, 0.25) is 0 Å². The highest BCUT2D eigenvalue weighted by molar-refractivity contribution is 7.89. The fourth-order valence-electron chi connectivity index (χ4n) is 3.97. The van der Waals surface area contributed by atoms with Crippen LogP contribution < -0.4 is 24.3 Å². The van der Waals surface area contributed by atoms with Crippen LogP contribution in [0.3, 0.4) is 0 Å². The molecule has 9 nitrogen and oxygen atoms in total. The van der Waals surface area contributed by atoms with E-state index in [2.05, 4.69) is 5.32 Å². The van der Waals surface area contributed by atoms with Crippen molar-refractivity contribution in [2.24, 2.45) is 0 Å². The molecule has 1 aliphatic heterocycles. The Morgan fingerprint density at radius 3 is 2.26 bits per heavy atom. The molecule has 2 aromatic carbocycles. The first-order valence-electron chi connectivity index (χ1n) is 11.7. The van der Waals surface area contributed by atoms with Crippen molar-refractivity contribution < 1.29 is 32.2 Å². The molecule has 192 valence electrons. The van der Waals surface area contributed by atoms with E-state index in [4.69, 9.17) is 18.9 Å². The van der Waals surface area contributed by atoms with Gasteiger partial charge in [-0.25, -0.2) is 8.42 Å². The first-order valence-corrected chi connectivity index (χ1v) is 13.3. The van der Waals surface area contributed by atoms with Crippen LogP contribution in [0.1, 0.15) is 41.8 Å². The second-order valence-corrected chi connectivity index (χ2v) is 10.1. The number of carbonyl (C=O) groups is 1. The van der Waals surface area contributed by atoms with Gasteiger partial charge in [-0.1, -0.05) is 0 Å². The molecule has 0 unspecified atom stereocenters. The van der Waals surface area contributed by atoms with Crippen molar-refractivity contribution in [2.75, 3.05) is 46.3 Å². The standard InChI is InChI=1S/C25H34N2O7S/c1-5-33-21-9-8-19(15-24(21)34-6-2)25(28)26-11-7-13-35(29,30)27-12-10-18-14-22(31-3)23(32-4)16-20(18)17-27/h8-9,14-16H,5-7,10-13,17H2,1-4H3,(H,26,28). The van der Waals surface area contributed by atoms with Gasteiger partial charge in [0.25, 0.3) is 5.91 Å². The van der Waals surface area contributed by atoms with Crippen LogP contribution in [-0.4, -0.2) is 64.9 Å². The number of ether oxygens (including phenoxy) is 4. The number of benzene rings is 2. The highest BCUT2D eigenvalue weighted by Gasteiger charge is 2.27. The van der Waals surface area contributed by atoms with Crippen molar-refractivity contribution in [3.05, 3.63) is 47.0 Å². The summed E-state index contributed by atoms with van der Waals surface area (Å²) in [5.74, 6) is 1.96. The van der Waals surface area contributed by atoms with Crippen LogP contribution in [0, 0.1) is 0 Å². The molecule has 1 aliphatic rings. The lowest BCUT2D eigenvalue weighted by molar-refractivity contribution is 0.0953. The van der Waals surface area contributed by atoms with Gasteiger partial charge in [-0.15, -0.1) is 0 Å². The predicted octanol–water partition coefficient (Wildman–Crippen LogP) is 3.01. The lowest BCUT2D eigenvalue weighted by Gasteiger charge is -2.29. The fourth-order valence-corrected chi connectivity index (χ4v) is 5.45. The summed E-state index contributed by atoms with van der Waals surface area (Å²) in [5.41, 5.74) is 2.39. The number of methoxy groups -OCH3 is 2. The summed E-state index contributed by atoms with van der Waals surface area (Å²) in [5, 5.41) is 2.79. The van der Waals surface area contributed by atoms with Crippen LogP contribution in [0.15, 0.2) is 30.3 Å². The van der Waals surface area contributed by atoms with E-state index in [1.165, 1.54) is 4.31 Å². The summed E-state index contributed by atoms with van der Waals surface area (Å²) in [6.45, 7) is 5.61. The Morgan fingerprint density at radius 2 is 1.60 bits per heavy atom. The monoisotopic (exact) mass is 506 g/mol. The minimum Gasteiger partial charge on any atom is -0.493 e. The smallest absolute Gasteiger partial charge is 0.251 e. The van der Waals surface area contributed by atoms with Crippen molar-refractivity contribution in [1.82, 2.24) is 9.62 Å². The summed E-state index contributed by atoms with van der Waals surface area (Å²) < 4.78 is 49.1. The van der Waals surface area contributed by atoms with Gasteiger partial charge in [-0.2, -0.15) is 4.31 Å². The van der Waals surface area contributed by atoms with Crippen molar-refractivity contribution in [2.45, 2.75) is 33.2 Å². The molecule has 10 heteroatoms. The molecule has 1 heterocycles. The van der Waals surface area contributed by atoms with E-state index in [-0.39, 0.29) is 24.7 Å². The molecular weight excluding hydrogens is 472 g/mol. The van der Waals surface area contributed by atoms with E-state index < -0.39 is 10.0 Å². The molecule has 0 aromatic heterocycles. The van der Waals surface area contributed by atoms with Crippen molar-refractivity contribution in [1.29, 1.82) is 0 Å². The number of fused-ring (bicyclic) bond motifs is 1. The fraction of sp³-hybridized carbons (Fsp3) is 0.480. The van der Waals surface area contributed by atoms with E-state index in [1.807, 2.05) is 26.0 Å². The molecule has 35 heavy (non-hydrogen) atoms. The van der Waals surface area contributed by atoms with Gasteiger partial charge in [-0.3, -0.25) is 4.79 Å². The molecule has 3 rings (SSSR count). The number of rotatable bonds is 12. The summed E-state index contributed by atoms with van der Waals surface area (Å²) in [6, 6.07) is 8.74. The Balaban J connectivity index is 1.55. The number of amides is 1. The third-order valence-corrected chi connectivity index (χ3v) is 7.65. The normalized spacial score (nSPS) is 13.6. The summed E-state index contributed by atoms with van der Waals surface area (Å²) in [6.07, 6.45) is 0.907. The number of nitrogens with one attached hydrogen (secondary N) is 1. The molecule has 0 aliphatic carbocycles. The maximum absolute atomic E-state index is 12.9. The maximum Gasteiger partial charge on any atom is 0.251 e. The van der Waals surface area contributed by atoms with Crippen molar-refractivity contribution in [3.63, 3.8) is 0 Å². The maximum atomic E-state index is 12.9. The Morgan fingerprint density at radius 1 is 0.943 bits per heavy atom. The first-order chi connectivity index (χ1) is 16.8. The topological polar surface area (TPSA) is 103 Å². The average molecular weight is 507 g/mol. The molecule has 0 saturated heterocycles. The molecule has 0 radical (unpaired) electrons. The van der Waals surface area contributed by atoms with E-state index in [0.29, 0.717) is 61.2 Å². The molecule has 1 amide bonds. The summed E-state index contributed by atoms with van der Waals surface area (Å²) in [4.78, 5) is 12.6. The molecule has 0 saturated carbocycles. The van der Waals surface area contributed by atoms with E-state index in [1.54, 1.807) is 32.4 Å². The van der Waals surface area contributed by atoms with Gasteiger partial charge >= 0.3 is 0 Å². The highest BCUT2D eigenvalue weighted by atomic mass is 32.2. The van der Waals surface area contributed by atoms with Crippen molar-refractivity contribution >= 4 is 15.9 Å². The zero-order valence-electron chi connectivity index (χ0n) is 20.8. The Hall–Kier alpha value is -2.98. The minimum absolute atomic E-state index is 0.0522. The van der Waals surface area contributed by atoms with Crippen LogP contribution in [0.25, 0.3) is 0 Å². The van der Waals surface area contributed by atoms with E-state index in [0.717, 1.165) is 11.1 Å².